The molecule has 0 aromatic heterocycles. The lowest BCUT2D eigenvalue weighted by Crippen LogP contribution is -2.26. The van der Waals surface area contributed by atoms with Crippen LogP contribution < -0.4 is 0 Å². The van der Waals surface area contributed by atoms with E-state index in [1.54, 1.807) is 0 Å². The minimum absolute atomic E-state index is 0.687. The van der Waals surface area contributed by atoms with Crippen LogP contribution in [0.1, 0.15) is 33.6 Å². The number of rotatable bonds is 6. The van der Waals surface area contributed by atoms with Gasteiger partial charge in [0.1, 0.15) is 0 Å². The van der Waals surface area contributed by atoms with Crippen molar-refractivity contribution in [3.05, 3.63) is 0 Å². The highest BCUT2D eigenvalue weighted by Gasteiger charge is 2.09. The molecule has 1 atom stereocenters. The van der Waals surface area contributed by atoms with Crippen molar-refractivity contribution >= 4 is 24.6 Å². The third-order valence-corrected chi connectivity index (χ3v) is 3.09. The highest BCUT2D eigenvalue weighted by molar-refractivity contribution is 8.07. The van der Waals surface area contributed by atoms with E-state index >= 15 is 0 Å². The van der Waals surface area contributed by atoms with Crippen LogP contribution >= 0.6 is 24.6 Å². The van der Waals surface area contributed by atoms with Gasteiger partial charge >= 0.3 is 0 Å². The minimum Gasteiger partial charge on any atom is -0.247 e. The zero-order valence-corrected chi connectivity index (χ0v) is 9.42. The van der Waals surface area contributed by atoms with Crippen LogP contribution in [-0.4, -0.2) is 22.0 Å². The third kappa shape index (κ3) is 4.99. The Morgan fingerprint density at radius 1 is 1.45 bits per heavy atom. The van der Waals surface area contributed by atoms with Crippen molar-refractivity contribution in [2.75, 3.05) is 11.6 Å². The van der Waals surface area contributed by atoms with Crippen LogP contribution in [0.3, 0.4) is 0 Å². The fraction of sp³-hybridized carbons (Fsp3) is 1.00. The lowest BCUT2D eigenvalue weighted by atomic mass is 10.2. The van der Waals surface area contributed by atoms with Gasteiger partial charge in [0.15, 0.2) is 0 Å². The Labute approximate surface area is 80.5 Å². The quantitative estimate of drug-likeness (QED) is 0.392. The van der Waals surface area contributed by atoms with Crippen molar-refractivity contribution in [3.8, 4) is 0 Å². The lowest BCUT2D eigenvalue weighted by Gasteiger charge is -2.25. The van der Waals surface area contributed by atoms with Crippen molar-refractivity contribution in [3.63, 3.8) is 0 Å². The van der Waals surface area contributed by atoms with Gasteiger partial charge < -0.3 is 0 Å². The SMILES string of the molecule is CCCN(SCS)C(C)CC. The number of hydrogen-bond acceptors (Lipinski definition) is 3. The van der Waals surface area contributed by atoms with Crippen molar-refractivity contribution < 1.29 is 0 Å². The van der Waals surface area contributed by atoms with Crippen LogP contribution in [-0.2, 0) is 0 Å². The van der Waals surface area contributed by atoms with E-state index in [-0.39, 0.29) is 0 Å². The maximum Gasteiger partial charge on any atom is 0.0509 e. The second-order valence-electron chi connectivity index (χ2n) is 2.66. The summed E-state index contributed by atoms with van der Waals surface area (Å²) in [4.78, 5) is 0. The third-order valence-electron chi connectivity index (χ3n) is 1.75. The molecule has 0 aliphatic heterocycles. The molecule has 0 aliphatic rings. The molecular weight excluding hydrogens is 174 g/mol. The van der Waals surface area contributed by atoms with Gasteiger partial charge in [-0.2, -0.15) is 12.6 Å². The summed E-state index contributed by atoms with van der Waals surface area (Å²) in [6.07, 6.45) is 2.45. The summed E-state index contributed by atoms with van der Waals surface area (Å²) < 4.78 is 2.42. The van der Waals surface area contributed by atoms with E-state index in [4.69, 9.17) is 0 Å². The summed E-state index contributed by atoms with van der Waals surface area (Å²) in [5, 5.41) is 0.893. The monoisotopic (exact) mass is 193 g/mol. The number of hydrogen-bond donors (Lipinski definition) is 1. The van der Waals surface area contributed by atoms with Crippen LogP contribution in [0, 0.1) is 0 Å². The Kier molecular flexibility index (Phi) is 7.76. The molecule has 0 amide bonds. The molecule has 0 aromatic carbocycles. The summed E-state index contributed by atoms with van der Waals surface area (Å²) in [6, 6.07) is 0.687. The Balaban J connectivity index is 3.66. The largest absolute Gasteiger partial charge is 0.247 e. The Bertz CT molecular complexity index is 82.2. The van der Waals surface area contributed by atoms with E-state index in [0.717, 1.165) is 5.08 Å². The molecule has 0 radical (unpaired) electrons. The van der Waals surface area contributed by atoms with Gasteiger partial charge in [-0.05, 0) is 19.8 Å². The standard InChI is InChI=1S/C8H19NS2/c1-4-6-9(11-7-10)8(3)5-2/h8,10H,4-7H2,1-3H3. The normalized spacial score (nSPS) is 13.9. The van der Waals surface area contributed by atoms with E-state index in [1.807, 2.05) is 11.9 Å². The Morgan fingerprint density at radius 3 is 2.45 bits per heavy atom. The molecule has 1 nitrogen and oxygen atoms in total. The first kappa shape index (κ1) is 11.7. The molecule has 0 heterocycles. The zero-order chi connectivity index (χ0) is 8.69. The van der Waals surface area contributed by atoms with E-state index in [1.165, 1.54) is 19.4 Å². The molecule has 0 N–H and O–H groups in total. The van der Waals surface area contributed by atoms with Crippen molar-refractivity contribution in [1.29, 1.82) is 0 Å². The predicted octanol–water partition coefficient (Wildman–Crippen LogP) is 3.03. The Morgan fingerprint density at radius 2 is 2.09 bits per heavy atom. The highest BCUT2D eigenvalue weighted by Crippen LogP contribution is 2.17. The molecule has 3 heteroatoms. The molecule has 1 unspecified atom stereocenters. The molecule has 0 aromatic rings. The number of thiol groups is 1. The summed E-state index contributed by atoms with van der Waals surface area (Å²) in [5.74, 6) is 0. The maximum absolute atomic E-state index is 4.21. The van der Waals surface area contributed by atoms with Crippen LogP contribution in [0.5, 0.6) is 0 Å². The summed E-state index contributed by atoms with van der Waals surface area (Å²) in [7, 11) is 0. The molecule has 0 spiro atoms. The highest BCUT2D eigenvalue weighted by atomic mass is 32.2. The minimum atomic E-state index is 0.687. The smallest absolute Gasteiger partial charge is 0.0509 e. The zero-order valence-electron chi connectivity index (χ0n) is 7.71. The van der Waals surface area contributed by atoms with Crippen LogP contribution in [0.25, 0.3) is 0 Å². The molecule has 0 rings (SSSR count). The summed E-state index contributed by atoms with van der Waals surface area (Å²) in [5.41, 5.74) is 0. The van der Waals surface area contributed by atoms with Gasteiger partial charge in [0.25, 0.3) is 0 Å². The van der Waals surface area contributed by atoms with Crippen LogP contribution in [0.2, 0.25) is 0 Å². The average molecular weight is 193 g/mol. The summed E-state index contributed by atoms with van der Waals surface area (Å²) >= 11 is 6.04. The van der Waals surface area contributed by atoms with Gasteiger partial charge in [-0.1, -0.05) is 25.8 Å². The van der Waals surface area contributed by atoms with Gasteiger partial charge in [0.2, 0.25) is 0 Å². The van der Waals surface area contributed by atoms with E-state index in [0.29, 0.717) is 6.04 Å². The van der Waals surface area contributed by atoms with Crippen molar-refractivity contribution in [2.45, 2.75) is 39.7 Å². The molecule has 68 valence electrons. The predicted molar refractivity (Wildman–Crippen MR) is 58.2 cm³/mol. The van der Waals surface area contributed by atoms with Crippen LogP contribution in [0.4, 0.5) is 0 Å². The van der Waals surface area contributed by atoms with Crippen LogP contribution in [0.15, 0.2) is 0 Å². The molecule has 0 saturated carbocycles. The van der Waals surface area contributed by atoms with Crippen molar-refractivity contribution in [1.82, 2.24) is 4.31 Å². The first-order chi connectivity index (χ1) is 5.26. The molecule has 0 bridgehead atoms. The van der Waals surface area contributed by atoms with E-state index < -0.39 is 0 Å². The van der Waals surface area contributed by atoms with E-state index in [2.05, 4.69) is 37.7 Å². The van der Waals surface area contributed by atoms with E-state index in [9.17, 15) is 0 Å². The summed E-state index contributed by atoms with van der Waals surface area (Å²) in [6.45, 7) is 7.90. The van der Waals surface area contributed by atoms with Gasteiger partial charge in [-0.25, -0.2) is 4.31 Å². The molecule has 0 aliphatic carbocycles. The topological polar surface area (TPSA) is 3.24 Å². The van der Waals surface area contributed by atoms with Gasteiger partial charge in [0, 0.05) is 12.6 Å². The Hall–Kier alpha value is 0.660. The van der Waals surface area contributed by atoms with Gasteiger partial charge in [-0.15, -0.1) is 0 Å². The lowest BCUT2D eigenvalue weighted by molar-refractivity contribution is 0.365. The molecule has 0 fully saturated rings. The second-order valence-corrected chi connectivity index (χ2v) is 4.42. The average Bonchev–Trinajstić information content (AvgIpc) is 2.03. The van der Waals surface area contributed by atoms with Gasteiger partial charge in [0.05, 0.1) is 5.08 Å². The van der Waals surface area contributed by atoms with Gasteiger partial charge in [-0.3, -0.25) is 0 Å². The molecule has 11 heavy (non-hydrogen) atoms. The number of nitrogens with zero attached hydrogens (tertiary/aromatic N) is 1. The first-order valence-electron chi connectivity index (χ1n) is 4.26. The van der Waals surface area contributed by atoms with Crippen molar-refractivity contribution in [2.24, 2.45) is 0 Å². The first-order valence-corrected chi connectivity index (χ1v) is 5.84. The molecular formula is C8H19NS2. The molecule has 0 saturated heterocycles. The maximum atomic E-state index is 4.21. The fourth-order valence-corrected chi connectivity index (χ4v) is 2.22. The fourth-order valence-electron chi connectivity index (χ4n) is 0.910. The second kappa shape index (κ2) is 7.32.